The summed E-state index contributed by atoms with van der Waals surface area (Å²) in [5.41, 5.74) is 6.87. The minimum absolute atomic E-state index is 0.108. The lowest BCUT2D eigenvalue weighted by Gasteiger charge is -2.62. The van der Waals surface area contributed by atoms with Crippen LogP contribution in [0.3, 0.4) is 0 Å². The van der Waals surface area contributed by atoms with Crippen molar-refractivity contribution < 1.29 is 18.4 Å². The summed E-state index contributed by atoms with van der Waals surface area (Å²) in [5.74, 6) is 0.495. The van der Waals surface area contributed by atoms with Gasteiger partial charge >= 0.3 is 0 Å². The van der Waals surface area contributed by atoms with Gasteiger partial charge in [0.2, 0.25) is 0 Å². The number of amides is 1. The minimum Gasteiger partial charge on any atom is -0.455 e. The van der Waals surface area contributed by atoms with E-state index in [1.54, 1.807) is 13.1 Å². The third kappa shape index (κ3) is 4.28. The molecule has 7 rings (SSSR count). The van der Waals surface area contributed by atoms with Crippen LogP contribution in [0.5, 0.6) is 0 Å². The van der Waals surface area contributed by atoms with Crippen LogP contribution in [0.25, 0.3) is 33.4 Å². The molecule has 1 aromatic heterocycles. The Hall–Kier alpha value is -3.73. The quantitative estimate of drug-likeness (QED) is 0.237. The molecule has 5 heteroatoms. The van der Waals surface area contributed by atoms with E-state index in [1.165, 1.54) is 6.07 Å². The zero-order valence-electron chi connectivity index (χ0n) is 23.0. The Balaban J connectivity index is 1.52. The maximum absolute atomic E-state index is 15.2. The second-order valence-corrected chi connectivity index (χ2v) is 11.7. The molecular weight excluding hydrogens is 489 g/mol. The lowest BCUT2D eigenvalue weighted by molar-refractivity contribution is -0.103. The standard InChI is InChI=1S/C34H34FNO3/c1-5-6-23-12-30-27(31(33(38)36-4)32(39-30)22-9-7-19(2)8-10-22)14-25(23)24-13-26(28(35)11-20(24)3)29(37)18-34-15-21(16-34)17-34/h7-14,21H,5-6,15-18H2,1-4H3,(H,36,38). The number of hydrogen-bond donors (Lipinski definition) is 1. The predicted molar refractivity (Wildman–Crippen MR) is 153 cm³/mol. The topological polar surface area (TPSA) is 59.3 Å². The summed E-state index contributed by atoms with van der Waals surface area (Å²) in [5, 5.41) is 3.47. The van der Waals surface area contributed by atoms with E-state index in [0.717, 1.165) is 71.4 Å². The molecule has 3 saturated carbocycles. The van der Waals surface area contributed by atoms with E-state index in [9.17, 15) is 9.59 Å². The summed E-state index contributed by atoms with van der Waals surface area (Å²) >= 11 is 0. The smallest absolute Gasteiger partial charge is 0.255 e. The molecule has 1 N–H and O–H groups in total. The Labute approximate surface area is 228 Å². The largest absolute Gasteiger partial charge is 0.455 e. The number of Topliss-reactive ketones (excluding diaryl/α,β-unsaturated/α-hetero) is 1. The normalized spacial score (nSPS) is 19.5. The summed E-state index contributed by atoms with van der Waals surface area (Å²) in [6, 6.07) is 15.1. The van der Waals surface area contributed by atoms with E-state index < -0.39 is 5.82 Å². The van der Waals surface area contributed by atoms with Crippen molar-refractivity contribution in [3.8, 4) is 22.5 Å². The summed E-state index contributed by atoms with van der Waals surface area (Å²) in [6.45, 7) is 6.00. The van der Waals surface area contributed by atoms with Crippen LogP contribution >= 0.6 is 0 Å². The lowest BCUT2D eigenvalue weighted by atomic mass is 9.43. The number of benzene rings is 3. The highest BCUT2D eigenvalue weighted by molar-refractivity contribution is 6.12. The van der Waals surface area contributed by atoms with Crippen LogP contribution in [0.15, 0.2) is 52.9 Å². The molecule has 3 fully saturated rings. The minimum atomic E-state index is -0.456. The molecule has 4 aromatic rings. The first-order valence-electron chi connectivity index (χ1n) is 13.9. The van der Waals surface area contributed by atoms with Gasteiger partial charge in [-0.3, -0.25) is 9.59 Å². The fraction of sp³-hybridized carbons (Fsp3) is 0.353. The fourth-order valence-electron chi connectivity index (χ4n) is 6.66. The molecule has 4 nitrogen and oxygen atoms in total. The number of ketones is 1. The molecule has 1 heterocycles. The monoisotopic (exact) mass is 523 g/mol. The number of nitrogens with one attached hydrogen (secondary N) is 1. The molecule has 0 unspecified atom stereocenters. The van der Waals surface area contributed by atoms with Crippen molar-refractivity contribution in [1.82, 2.24) is 5.32 Å². The predicted octanol–water partition coefficient (Wildman–Crippen LogP) is 8.21. The van der Waals surface area contributed by atoms with E-state index in [-0.39, 0.29) is 22.7 Å². The van der Waals surface area contributed by atoms with Crippen LogP contribution in [-0.4, -0.2) is 18.7 Å². The van der Waals surface area contributed by atoms with Gasteiger partial charge in [0.05, 0.1) is 11.1 Å². The zero-order chi connectivity index (χ0) is 27.5. The molecule has 39 heavy (non-hydrogen) atoms. The van der Waals surface area contributed by atoms with Gasteiger partial charge in [0.25, 0.3) is 5.91 Å². The van der Waals surface area contributed by atoms with Crippen LogP contribution in [0.4, 0.5) is 4.39 Å². The number of furan rings is 1. The molecule has 2 bridgehead atoms. The first-order chi connectivity index (χ1) is 18.7. The number of carbonyl (C=O) groups excluding carboxylic acids is 2. The molecule has 0 atom stereocenters. The van der Waals surface area contributed by atoms with Gasteiger partial charge in [-0.2, -0.15) is 0 Å². The molecule has 0 aliphatic heterocycles. The van der Waals surface area contributed by atoms with Gasteiger partial charge in [0.1, 0.15) is 17.2 Å². The van der Waals surface area contributed by atoms with E-state index >= 15 is 4.39 Å². The molecule has 3 aromatic carbocycles. The Kier molecular flexibility index (Phi) is 6.21. The Morgan fingerprint density at radius 1 is 1.03 bits per heavy atom. The summed E-state index contributed by atoms with van der Waals surface area (Å²) in [6.07, 6.45) is 5.41. The molecule has 200 valence electrons. The van der Waals surface area contributed by atoms with Crippen LogP contribution in [0, 0.1) is 31.0 Å². The number of carbonyl (C=O) groups is 2. The summed E-state index contributed by atoms with van der Waals surface area (Å²) in [7, 11) is 1.61. The van der Waals surface area contributed by atoms with Crippen molar-refractivity contribution in [3.05, 3.63) is 82.2 Å². The molecule has 0 radical (unpaired) electrons. The molecular formula is C34H34FNO3. The van der Waals surface area contributed by atoms with Crippen molar-refractivity contribution in [3.63, 3.8) is 0 Å². The summed E-state index contributed by atoms with van der Waals surface area (Å²) < 4.78 is 21.5. The van der Waals surface area contributed by atoms with Crippen molar-refractivity contribution in [1.29, 1.82) is 0 Å². The molecule has 3 aliphatic carbocycles. The van der Waals surface area contributed by atoms with Crippen LogP contribution in [0.1, 0.15) is 76.4 Å². The maximum atomic E-state index is 15.2. The van der Waals surface area contributed by atoms with Gasteiger partial charge in [-0.25, -0.2) is 4.39 Å². The molecule has 3 aliphatic rings. The van der Waals surface area contributed by atoms with Gasteiger partial charge < -0.3 is 9.73 Å². The number of aryl methyl sites for hydroxylation is 3. The Morgan fingerprint density at radius 3 is 2.36 bits per heavy atom. The number of halogens is 1. The van der Waals surface area contributed by atoms with E-state index in [2.05, 4.69) is 12.2 Å². The van der Waals surface area contributed by atoms with Crippen LogP contribution < -0.4 is 5.32 Å². The van der Waals surface area contributed by atoms with Gasteiger partial charge in [0, 0.05) is 24.4 Å². The third-order valence-electron chi connectivity index (χ3n) is 8.81. The van der Waals surface area contributed by atoms with E-state index in [4.69, 9.17) is 4.42 Å². The van der Waals surface area contributed by atoms with Crippen LogP contribution in [-0.2, 0) is 6.42 Å². The fourth-order valence-corrected chi connectivity index (χ4v) is 6.66. The van der Waals surface area contributed by atoms with Crippen molar-refractivity contribution in [2.75, 3.05) is 7.05 Å². The SMILES string of the molecule is CCCc1cc2oc(-c3ccc(C)cc3)c(C(=O)NC)c2cc1-c1cc(C(=O)CC23CC(C2)C3)c(F)cc1C. The second-order valence-electron chi connectivity index (χ2n) is 11.7. The highest BCUT2D eigenvalue weighted by Crippen LogP contribution is 2.66. The van der Waals surface area contributed by atoms with Crippen molar-refractivity contribution in [2.45, 2.75) is 59.3 Å². The highest BCUT2D eigenvalue weighted by Gasteiger charge is 2.57. The Bertz CT molecular complexity index is 1610. The average molecular weight is 524 g/mol. The molecule has 1 amide bonds. The van der Waals surface area contributed by atoms with E-state index in [1.807, 2.05) is 50.2 Å². The van der Waals surface area contributed by atoms with Crippen molar-refractivity contribution in [2.24, 2.45) is 11.3 Å². The average Bonchev–Trinajstić information content (AvgIpc) is 3.23. The second kappa shape index (κ2) is 9.48. The van der Waals surface area contributed by atoms with Gasteiger partial charge in [-0.1, -0.05) is 43.2 Å². The highest BCUT2D eigenvalue weighted by atomic mass is 19.1. The summed E-state index contributed by atoms with van der Waals surface area (Å²) in [4.78, 5) is 26.4. The van der Waals surface area contributed by atoms with Crippen molar-refractivity contribution >= 4 is 22.7 Å². The number of rotatable bonds is 8. The van der Waals surface area contributed by atoms with Gasteiger partial charge in [0.15, 0.2) is 5.78 Å². The molecule has 0 spiro atoms. The Morgan fingerprint density at radius 2 is 1.74 bits per heavy atom. The third-order valence-corrected chi connectivity index (χ3v) is 8.81. The maximum Gasteiger partial charge on any atom is 0.255 e. The first kappa shape index (κ1) is 25.5. The van der Waals surface area contributed by atoms with Gasteiger partial charge in [-0.15, -0.1) is 0 Å². The lowest BCUT2D eigenvalue weighted by Crippen LogP contribution is -2.52. The molecule has 0 saturated heterocycles. The number of fused-ring (bicyclic) bond motifs is 1. The van der Waals surface area contributed by atoms with E-state index in [0.29, 0.717) is 28.7 Å². The van der Waals surface area contributed by atoms with Crippen LogP contribution in [0.2, 0.25) is 0 Å². The zero-order valence-corrected chi connectivity index (χ0v) is 23.0. The van der Waals surface area contributed by atoms with Gasteiger partial charge in [-0.05, 0) is 97.4 Å². The first-order valence-corrected chi connectivity index (χ1v) is 13.9. The number of hydrogen-bond acceptors (Lipinski definition) is 3.